The Labute approximate surface area is 194 Å². The molecule has 3 amide bonds. The first-order valence-corrected chi connectivity index (χ1v) is 11.2. The fourth-order valence-electron chi connectivity index (χ4n) is 2.86. The molecule has 33 heavy (non-hydrogen) atoms. The first kappa shape index (κ1) is 30.1. The second-order valence-corrected chi connectivity index (χ2v) is 7.92. The Morgan fingerprint density at radius 2 is 1.61 bits per heavy atom. The molecular weight excluding hydrogens is 432 g/mol. The number of aliphatic carboxylic acids is 1. The van der Waals surface area contributed by atoms with E-state index in [1.165, 1.54) is 0 Å². The second-order valence-electron chi connectivity index (χ2n) is 7.92. The van der Waals surface area contributed by atoms with Crippen LogP contribution in [-0.4, -0.2) is 72.5 Å². The molecule has 0 saturated carbocycles. The van der Waals surface area contributed by atoms with Crippen molar-refractivity contribution >= 4 is 29.7 Å². The summed E-state index contributed by atoms with van der Waals surface area (Å²) < 4.78 is 0. The average Bonchev–Trinajstić information content (AvgIpc) is 2.77. The Balaban J connectivity index is 5.02. The minimum atomic E-state index is -1.19. The fraction of sp³-hybridized carbons (Fsp3) is 0.750. The normalized spacial score (nSPS) is 14.3. The Hall–Kier alpha value is -2.93. The Bertz CT molecular complexity index is 660. The van der Waals surface area contributed by atoms with Gasteiger partial charge < -0.3 is 43.6 Å². The van der Waals surface area contributed by atoms with E-state index < -0.39 is 41.8 Å². The Kier molecular flexibility index (Phi) is 15.2. The van der Waals surface area contributed by atoms with Gasteiger partial charge in [-0.1, -0.05) is 20.3 Å². The topological polar surface area (TPSA) is 239 Å². The predicted octanol–water partition coefficient (Wildman–Crippen LogP) is -2.08. The van der Waals surface area contributed by atoms with Gasteiger partial charge >= 0.3 is 5.97 Å². The van der Waals surface area contributed by atoms with Crippen LogP contribution in [0.1, 0.15) is 52.4 Å². The molecular formula is C20H40N8O5. The number of amides is 3. The highest BCUT2D eigenvalue weighted by molar-refractivity contribution is 5.92. The molecule has 13 heteroatoms. The number of nitrogens with two attached hydrogens (primary N) is 3. The molecule has 0 aliphatic carbocycles. The lowest BCUT2D eigenvalue weighted by Crippen LogP contribution is -2.54. The van der Waals surface area contributed by atoms with E-state index in [-0.39, 0.29) is 37.8 Å². The van der Waals surface area contributed by atoms with E-state index in [0.29, 0.717) is 32.2 Å². The highest BCUT2D eigenvalue weighted by atomic mass is 16.4. The van der Waals surface area contributed by atoms with Gasteiger partial charge in [0.15, 0.2) is 5.96 Å². The summed E-state index contributed by atoms with van der Waals surface area (Å²) in [6, 6.07) is -2.92. The summed E-state index contributed by atoms with van der Waals surface area (Å²) in [6.45, 7) is 4.04. The zero-order valence-electron chi connectivity index (χ0n) is 19.5. The minimum Gasteiger partial charge on any atom is -0.480 e. The van der Waals surface area contributed by atoms with Crippen molar-refractivity contribution in [2.75, 3.05) is 19.6 Å². The molecule has 190 valence electrons. The summed E-state index contributed by atoms with van der Waals surface area (Å²) in [4.78, 5) is 48.6. The third-order valence-electron chi connectivity index (χ3n) is 5.18. The maximum atomic E-state index is 12.7. The largest absolute Gasteiger partial charge is 0.480 e. The number of unbranched alkanes of at least 4 members (excludes halogenated alkanes) is 1. The maximum Gasteiger partial charge on any atom is 0.326 e. The maximum absolute atomic E-state index is 12.7. The van der Waals surface area contributed by atoms with Gasteiger partial charge in [0.2, 0.25) is 17.7 Å². The van der Waals surface area contributed by atoms with Crippen LogP contribution in [0.3, 0.4) is 0 Å². The molecule has 0 fully saturated rings. The van der Waals surface area contributed by atoms with E-state index in [1.54, 1.807) is 0 Å². The molecule has 0 aromatic heterocycles. The monoisotopic (exact) mass is 472 g/mol. The van der Waals surface area contributed by atoms with E-state index in [0.717, 1.165) is 0 Å². The highest BCUT2D eigenvalue weighted by Crippen LogP contribution is 2.05. The lowest BCUT2D eigenvalue weighted by Gasteiger charge is -2.22. The lowest BCUT2D eigenvalue weighted by atomic mass is 9.99. The van der Waals surface area contributed by atoms with Crippen LogP contribution in [0.15, 0.2) is 0 Å². The van der Waals surface area contributed by atoms with Crippen molar-refractivity contribution < 1.29 is 24.3 Å². The summed E-state index contributed by atoms with van der Waals surface area (Å²) in [6.07, 6.45) is 2.58. The number of carbonyl (C=O) groups is 4. The van der Waals surface area contributed by atoms with Gasteiger partial charge in [-0.3, -0.25) is 19.8 Å². The van der Waals surface area contributed by atoms with Crippen LogP contribution in [0.5, 0.6) is 0 Å². The van der Waals surface area contributed by atoms with Crippen LogP contribution in [0.2, 0.25) is 0 Å². The van der Waals surface area contributed by atoms with E-state index in [1.807, 2.05) is 13.8 Å². The van der Waals surface area contributed by atoms with Crippen LogP contribution in [0.25, 0.3) is 0 Å². The molecule has 4 atom stereocenters. The smallest absolute Gasteiger partial charge is 0.326 e. The first-order chi connectivity index (χ1) is 15.5. The van der Waals surface area contributed by atoms with Crippen molar-refractivity contribution in [3.8, 4) is 0 Å². The van der Waals surface area contributed by atoms with Gasteiger partial charge in [-0.15, -0.1) is 0 Å². The quantitative estimate of drug-likeness (QED) is 0.0640. The molecule has 12 N–H and O–H groups in total. The van der Waals surface area contributed by atoms with Crippen molar-refractivity contribution in [3.05, 3.63) is 0 Å². The summed E-state index contributed by atoms with van der Waals surface area (Å²) in [5.74, 6) is -3.23. The van der Waals surface area contributed by atoms with Crippen LogP contribution in [0, 0.1) is 11.3 Å². The minimum absolute atomic E-state index is 0.0624. The van der Waals surface area contributed by atoms with Gasteiger partial charge in [-0.2, -0.15) is 0 Å². The number of guanidine groups is 1. The van der Waals surface area contributed by atoms with Gasteiger partial charge in [0.25, 0.3) is 0 Å². The SMILES string of the molecule is CC[C@H](C)[C@H](N)C(=O)NCC(=O)N[C@@H](CCCNC(=N)N)C(=O)N[C@@H](CCCCN)C(=O)O. The molecule has 0 aliphatic heterocycles. The molecule has 13 nitrogen and oxygen atoms in total. The molecule has 0 aromatic carbocycles. The van der Waals surface area contributed by atoms with Gasteiger partial charge in [0, 0.05) is 6.54 Å². The van der Waals surface area contributed by atoms with E-state index in [4.69, 9.17) is 22.6 Å². The number of hydrogen-bond donors (Lipinski definition) is 9. The number of carboxylic acid groups (broad SMARTS) is 1. The molecule has 0 saturated heterocycles. The van der Waals surface area contributed by atoms with Crippen molar-refractivity contribution in [1.29, 1.82) is 5.41 Å². The lowest BCUT2D eigenvalue weighted by molar-refractivity contribution is -0.142. The summed E-state index contributed by atoms with van der Waals surface area (Å²) in [5.41, 5.74) is 16.5. The number of carboxylic acids is 1. The molecule has 0 unspecified atom stereocenters. The molecule has 0 aliphatic rings. The molecule has 0 bridgehead atoms. The predicted molar refractivity (Wildman–Crippen MR) is 124 cm³/mol. The average molecular weight is 473 g/mol. The van der Waals surface area contributed by atoms with Crippen molar-refractivity contribution in [3.63, 3.8) is 0 Å². The van der Waals surface area contributed by atoms with E-state index >= 15 is 0 Å². The van der Waals surface area contributed by atoms with Gasteiger partial charge in [0.05, 0.1) is 12.6 Å². The molecule has 0 heterocycles. The van der Waals surface area contributed by atoms with Gasteiger partial charge in [-0.05, 0) is 44.6 Å². The molecule has 0 spiro atoms. The fourth-order valence-corrected chi connectivity index (χ4v) is 2.86. The first-order valence-electron chi connectivity index (χ1n) is 11.2. The van der Waals surface area contributed by atoms with Crippen LogP contribution >= 0.6 is 0 Å². The van der Waals surface area contributed by atoms with Gasteiger partial charge in [-0.25, -0.2) is 4.79 Å². The number of carbonyl (C=O) groups excluding carboxylic acids is 3. The van der Waals surface area contributed by atoms with Crippen LogP contribution < -0.4 is 38.5 Å². The Morgan fingerprint density at radius 3 is 2.15 bits per heavy atom. The van der Waals surface area contributed by atoms with Crippen LogP contribution in [0.4, 0.5) is 0 Å². The summed E-state index contributed by atoms with van der Waals surface area (Å²) in [5, 5.41) is 26.6. The van der Waals surface area contributed by atoms with E-state index in [2.05, 4.69) is 21.3 Å². The molecule has 0 aromatic rings. The van der Waals surface area contributed by atoms with Crippen LogP contribution in [-0.2, 0) is 19.2 Å². The zero-order valence-corrected chi connectivity index (χ0v) is 19.5. The number of nitrogens with one attached hydrogen (secondary N) is 5. The summed E-state index contributed by atoms with van der Waals surface area (Å²) in [7, 11) is 0. The number of rotatable bonds is 17. The summed E-state index contributed by atoms with van der Waals surface area (Å²) >= 11 is 0. The second kappa shape index (κ2) is 16.7. The number of hydrogen-bond acceptors (Lipinski definition) is 7. The van der Waals surface area contributed by atoms with Crippen molar-refractivity contribution in [2.45, 2.75) is 70.5 Å². The standard InChI is InChI=1S/C20H40N8O5/c1-3-12(2)16(22)18(31)26-11-15(29)27-13(8-6-10-25-20(23)24)17(30)28-14(19(32)33)7-4-5-9-21/h12-14,16H,3-11,21-22H2,1-2H3,(H,26,31)(H,27,29)(H,28,30)(H,32,33)(H4,23,24,25)/t12-,13-,14-,16-/m0/s1. The van der Waals surface area contributed by atoms with E-state index in [9.17, 15) is 24.3 Å². The molecule has 0 rings (SSSR count). The zero-order chi connectivity index (χ0) is 25.4. The van der Waals surface area contributed by atoms with Crippen molar-refractivity contribution in [1.82, 2.24) is 21.3 Å². The Morgan fingerprint density at radius 1 is 0.970 bits per heavy atom. The van der Waals surface area contributed by atoms with Gasteiger partial charge in [0.1, 0.15) is 12.1 Å². The van der Waals surface area contributed by atoms with Crippen molar-refractivity contribution in [2.24, 2.45) is 23.1 Å². The third-order valence-corrected chi connectivity index (χ3v) is 5.18. The molecule has 0 radical (unpaired) electrons. The highest BCUT2D eigenvalue weighted by Gasteiger charge is 2.26. The third kappa shape index (κ3) is 13.3.